The molecular formula is C19H28Cl2NOSiZr. The third kappa shape index (κ3) is 6.66. The van der Waals surface area contributed by atoms with Crippen LogP contribution >= 0.6 is 0 Å². The smallest absolute Gasteiger partial charge is 1.00 e. The minimum absolute atomic E-state index is 0. The SMILES string of the molecule is CC(=C1C(NC(C)(C)C)=[C-]c2ccccc21)[Si](C)(C)CCO.[Cl-].[Cl-].[Zr+3]. The molecule has 0 saturated carbocycles. The fourth-order valence-electron chi connectivity index (χ4n) is 2.81. The summed E-state index contributed by atoms with van der Waals surface area (Å²) < 4.78 is 0. The summed E-state index contributed by atoms with van der Waals surface area (Å²) in [7, 11) is -1.63. The van der Waals surface area contributed by atoms with Gasteiger partial charge < -0.3 is 35.2 Å². The number of nitrogens with one attached hydrogen (secondary N) is 1. The van der Waals surface area contributed by atoms with E-state index in [0.29, 0.717) is 0 Å². The van der Waals surface area contributed by atoms with E-state index in [4.69, 9.17) is 0 Å². The van der Waals surface area contributed by atoms with Gasteiger partial charge in [-0.3, -0.25) is 0 Å². The fourth-order valence-corrected chi connectivity index (χ4v) is 4.68. The number of hydrogen-bond acceptors (Lipinski definition) is 2. The quantitative estimate of drug-likeness (QED) is 0.395. The molecule has 0 aliphatic heterocycles. The molecule has 2 nitrogen and oxygen atoms in total. The van der Waals surface area contributed by atoms with Crippen LogP contribution in [0.5, 0.6) is 0 Å². The van der Waals surface area contributed by atoms with E-state index in [-0.39, 0.29) is 63.2 Å². The summed E-state index contributed by atoms with van der Waals surface area (Å²) in [6.45, 7) is 13.7. The molecule has 25 heavy (non-hydrogen) atoms. The molecule has 137 valence electrons. The Hall–Kier alpha value is 0.140. The largest absolute Gasteiger partial charge is 3.00 e. The van der Waals surface area contributed by atoms with E-state index in [1.807, 2.05) is 0 Å². The summed E-state index contributed by atoms with van der Waals surface area (Å²) >= 11 is 0. The summed E-state index contributed by atoms with van der Waals surface area (Å²) in [4.78, 5) is 0. The number of allylic oxidation sites excluding steroid dienone is 2. The molecule has 0 unspecified atom stereocenters. The van der Waals surface area contributed by atoms with Crippen molar-refractivity contribution in [3.05, 3.63) is 52.4 Å². The Morgan fingerprint density at radius 3 is 2.24 bits per heavy atom. The number of aliphatic hydroxyl groups excluding tert-OH is 1. The van der Waals surface area contributed by atoms with Crippen molar-refractivity contribution in [2.45, 2.75) is 52.4 Å². The normalized spacial score (nSPS) is 15.1. The van der Waals surface area contributed by atoms with Crippen molar-refractivity contribution >= 4 is 13.6 Å². The fraction of sp³-hybridized carbons (Fsp3) is 0.474. The van der Waals surface area contributed by atoms with E-state index in [1.54, 1.807) is 0 Å². The third-order valence-electron chi connectivity index (χ3n) is 4.33. The summed E-state index contributed by atoms with van der Waals surface area (Å²) in [5.74, 6) is 0. The predicted octanol–water partition coefficient (Wildman–Crippen LogP) is -1.86. The molecule has 0 atom stereocenters. The van der Waals surface area contributed by atoms with E-state index < -0.39 is 8.07 Å². The topological polar surface area (TPSA) is 32.3 Å². The van der Waals surface area contributed by atoms with Crippen molar-refractivity contribution in [2.75, 3.05) is 6.61 Å². The minimum Gasteiger partial charge on any atom is -1.00 e. The van der Waals surface area contributed by atoms with Crippen LogP contribution in [0.1, 0.15) is 38.8 Å². The van der Waals surface area contributed by atoms with E-state index in [1.165, 1.54) is 16.3 Å². The molecule has 0 saturated heterocycles. The van der Waals surface area contributed by atoms with Crippen LogP contribution in [-0.2, 0) is 26.2 Å². The van der Waals surface area contributed by atoms with Crippen molar-refractivity contribution < 1.29 is 56.1 Å². The standard InChI is InChI=1S/C19H28NOSi.2ClH.Zr/c1-14(22(5,6)12-11-21)18-16-10-8-7-9-15(16)13-17(18)20-19(2,3)4;;;/h7-10,20-21H,11-12H2,1-6H3;2*1H;/q-1;;;+3/p-2. The minimum atomic E-state index is -1.63. The third-order valence-corrected chi connectivity index (χ3v) is 8.09. The molecule has 1 radical (unpaired) electrons. The predicted molar refractivity (Wildman–Crippen MR) is 97.2 cm³/mol. The van der Waals surface area contributed by atoms with Crippen LogP contribution in [0, 0.1) is 6.08 Å². The summed E-state index contributed by atoms with van der Waals surface area (Å²) in [6, 6.07) is 9.36. The van der Waals surface area contributed by atoms with Crippen LogP contribution in [-0.4, -0.2) is 25.3 Å². The van der Waals surface area contributed by atoms with Crippen LogP contribution in [0.25, 0.3) is 5.57 Å². The van der Waals surface area contributed by atoms with Gasteiger partial charge in [-0.1, -0.05) is 31.8 Å². The van der Waals surface area contributed by atoms with Crippen LogP contribution in [0.2, 0.25) is 19.1 Å². The van der Waals surface area contributed by atoms with Gasteiger partial charge in [-0.2, -0.15) is 0 Å². The molecule has 0 amide bonds. The monoisotopic (exact) mass is 474 g/mol. The Balaban J connectivity index is 0. The van der Waals surface area contributed by atoms with E-state index in [9.17, 15) is 5.11 Å². The van der Waals surface area contributed by atoms with Gasteiger partial charge in [-0.05, 0) is 26.8 Å². The summed E-state index contributed by atoms with van der Waals surface area (Å²) in [6.07, 6.45) is 3.54. The first-order chi connectivity index (χ1) is 10.2. The number of benzene rings is 1. The number of fused-ring (bicyclic) bond motifs is 1. The van der Waals surface area contributed by atoms with Crippen molar-refractivity contribution in [3.8, 4) is 0 Å². The van der Waals surface area contributed by atoms with Crippen LogP contribution in [0.15, 0.2) is 35.2 Å². The number of rotatable bonds is 4. The molecule has 6 heteroatoms. The Morgan fingerprint density at radius 1 is 1.16 bits per heavy atom. The molecule has 1 aromatic rings. The average molecular weight is 477 g/mol. The zero-order valence-corrected chi connectivity index (χ0v) is 20.9. The molecule has 0 spiro atoms. The van der Waals surface area contributed by atoms with Crippen molar-refractivity contribution in [1.29, 1.82) is 0 Å². The maximum Gasteiger partial charge on any atom is 3.00 e. The first kappa shape index (κ1) is 27.4. The molecule has 2 N–H and O–H groups in total. The Bertz CT molecular complexity index is 637. The van der Waals surface area contributed by atoms with Gasteiger partial charge in [0.05, 0.1) is 8.07 Å². The van der Waals surface area contributed by atoms with Gasteiger partial charge in [0, 0.05) is 12.1 Å². The van der Waals surface area contributed by atoms with Crippen molar-refractivity contribution in [2.24, 2.45) is 0 Å². The van der Waals surface area contributed by atoms with Crippen LogP contribution in [0.3, 0.4) is 0 Å². The molecular weight excluding hydrogens is 448 g/mol. The molecule has 0 fully saturated rings. The van der Waals surface area contributed by atoms with Gasteiger partial charge in [-0.25, -0.2) is 0 Å². The van der Waals surface area contributed by atoms with Crippen LogP contribution in [0.4, 0.5) is 0 Å². The average Bonchev–Trinajstić information content (AvgIpc) is 2.72. The molecule has 0 heterocycles. The Morgan fingerprint density at radius 2 is 1.72 bits per heavy atom. The van der Waals surface area contributed by atoms with Gasteiger partial charge in [0.15, 0.2) is 0 Å². The van der Waals surface area contributed by atoms with E-state index in [2.05, 4.69) is 76.4 Å². The Kier molecular flexibility index (Phi) is 11.5. The maximum atomic E-state index is 9.42. The summed E-state index contributed by atoms with van der Waals surface area (Å²) in [5.41, 5.74) is 4.83. The molecule has 2 rings (SSSR count). The molecule has 1 aliphatic carbocycles. The van der Waals surface area contributed by atoms with Crippen molar-refractivity contribution in [3.63, 3.8) is 0 Å². The number of hydrogen-bond donors (Lipinski definition) is 2. The molecule has 1 aliphatic rings. The molecule has 0 aromatic heterocycles. The van der Waals surface area contributed by atoms with Gasteiger partial charge >= 0.3 is 26.2 Å². The maximum absolute atomic E-state index is 9.42. The van der Waals surface area contributed by atoms with Gasteiger partial charge in [0.1, 0.15) is 0 Å². The van der Waals surface area contributed by atoms with Gasteiger partial charge in [0.2, 0.25) is 0 Å². The van der Waals surface area contributed by atoms with Crippen LogP contribution < -0.4 is 30.1 Å². The second-order valence-corrected chi connectivity index (χ2v) is 12.8. The zero-order chi connectivity index (χ0) is 16.5. The van der Waals surface area contributed by atoms with E-state index in [0.717, 1.165) is 17.3 Å². The number of aliphatic hydroxyl groups is 1. The van der Waals surface area contributed by atoms with Gasteiger partial charge in [0.25, 0.3) is 0 Å². The summed E-state index contributed by atoms with van der Waals surface area (Å²) in [5, 5.41) is 14.5. The van der Waals surface area contributed by atoms with Gasteiger partial charge in [-0.15, -0.1) is 46.2 Å². The molecule has 0 bridgehead atoms. The zero-order valence-electron chi connectivity index (χ0n) is 15.9. The first-order valence-electron chi connectivity index (χ1n) is 8.00. The van der Waals surface area contributed by atoms with Crippen molar-refractivity contribution in [1.82, 2.24) is 5.32 Å². The second kappa shape index (κ2) is 10.5. The van der Waals surface area contributed by atoms with E-state index >= 15 is 0 Å². The first-order valence-corrected chi connectivity index (χ1v) is 11.2. The Labute approximate surface area is 185 Å². The number of halogens is 2. The molecule has 1 aromatic carbocycles. The second-order valence-electron chi connectivity index (χ2n) is 7.78.